The fraction of sp³-hybridized carbons (Fsp3) is 0.944. The van der Waals surface area contributed by atoms with E-state index in [2.05, 4.69) is 13.8 Å². The molecule has 1 rings (SSSR count). The van der Waals surface area contributed by atoms with Crippen LogP contribution in [0.25, 0.3) is 0 Å². The van der Waals surface area contributed by atoms with Gasteiger partial charge in [-0.2, -0.15) is 0 Å². The van der Waals surface area contributed by atoms with Crippen molar-refractivity contribution < 1.29 is 14.8 Å². The third kappa shape index (κ3) is 14.1. The van der Waals surface area contributed by atoms with E-state index >= 15 is 0 Å². The summed E-state index contributed by atoms with van der Waals surface area (Å²) in [7, 11) is 0. The first kappa shape index (κ1) is 20.4. The van der Waals surface area contributed by atoms with Gasteiger partial charge < -0.3 is 14.8 Å². The minimum atomic E-state index is -1.08. The molecule has 0 bridgehead atoms. The third-order valence-electron chi connectivity index (χ3n) is 4.30. The number of quaternary nitrogens is 1. The molecule has 0 radical (unpaired) electrons. The molecule has 1 aliphatic rings. The van der Waals surface area contributed by atoms with Crippen molar-refractivity contribution in [3.05, 3.63) is 0 Å². The van der Waals surface area contributed by atoms with E-state index in [9.17, 15) is 0 Å². The average molecular weight is 299 g/mol. The number of unbranched alkanes of at least 4 members (excludes halogenated alkanes) is 5. The number of hydrogen-bond acceptors (Lipinski definition) is 2. The predicted octanol–water partition coefficient (Wildman–Crippen LogP) is 2.20. The van der Waals surface area contributed by atoms with Crippen LogP contribution < -0.4 is 10.0 Å². The molecular weight excluding hydrogens is 262 g/mol. The summed E-state index contributed by atoms with van der Waals surface area (Å²) in [6, 6.07) is 0. The van der Waals surface area contributed by atoms with E-state index in [0.717, 1.165) is 12.8 Å². The van der Waals surface area contributed by atoms with Crippen molar-refractivity contribution >= 4 is 5.97 Å². The first-order chi connectivity index (χ1) is 10.1. The van der Waals surface area contributed by atoms with Gasteiger partial charge in [0.25, 0.3) is 0 Å². The molecule has 0 aliphatic carbocycles. The van der Waals surface area contributed by atoms with Gasteiger partial charge in [-0.3, -0.25) is 0 Å². The van der Waals surface area contributed by atoms with Gasteiger partial charge in [0.15, 0.2) is 0 Å². The zero-order valence-corrected chi connectivity index (χ0v) is 14.6. The lowest BCUT2D eigenvalue weighted by molar-refractivity contribution is -0.909. The lowest BCUT2D eigenvalue weighted by Gasteiger charge is -2.29. The SMILES string of the molecule is CC(=O)[O-].CCCCCCCC[NH+]1CCCC(CCC)C1. The molecule has 1 saturated heterocycles. The van der Waals surface area contributed by atoms with Crippen molar-refractivity contribution in [2.75, 3.05) is 19.6 Å². The molecule has 3 nitrogen and oxygen atoms in total. The molecule has 0 aromatic carbocycles. The molecule has 2 atom stereocenters. The van der Waals surface area contributed by atoms with Gasteiger partial charge in [0, 0.05) is 11.9 Å². The lowest BCUT2D eigenvalue weighted by Crippen LogP contribution is -3.13. The highest BCUT2D eigenvalue weighted by Gasteiger charge is 2.21. The molecule has 2 unspecified atom stereocenters. The summed E-state index contributed by atoms with van der Waals surface area (Å²) >= 11 is 0. The largest absolute Gasteiger partial charge is 0.550 e. The second-order valence-corrected chi connectivity index (χ2v) is 6.51. The van der Waals surface area contributed by atoms with Gasteiger partial charge in [-0.05, 0) is 39.0 Å². The number of aliphatic carboxylic acids is 1. The maximum atomic E-state index is 8.89. The normalized spacial score (nSPS) is 21.5. The zero-order valence-electron chi connectivity index (χ0n) is 14.6. The highest BCUT2D eigenvalue weighted by atomic mass is 16.4. The van der Waals surface area contributed by atoms with Crippen molar-refractivity contribution in [3.63, 3.8) is 0 Å². The number of carbonyl (C=O) groups excluding carboxylic acids is 1. The fourth-order valence-electron chi connectivity index (χ4n) is 3.29. The monoisotopic (exact) mass is 299 g/mol. The molecule has 3 heteroatoms. The van der Waals surface area contributed by atoms with Crippen LogP contribution in [-0.4, -0.2) is 25.6 Å². The summed E-state index contributed by atoms with van der Waals surface area (Å²) in [6.07, 6.45) is 14.5. The van der Waals surface area contributed by atoms with Gasteiger partial charge >= 0.3 is 0 Å². The van der Waals surface area contributed by atoms with E-state index in [1.165, 1.54) is 83.8 Å². The molecule has 1 aliphatic heterocycles. The van der Waals surface area contributed by atoms with Crippen LogP contribution in [-0.2, 0) is 4.79 Å². The number of hydrogen-bond donors (Lipinski definition) is 1. The number of likely N-dealkylation sites (tertiary alicyclic amines) is 1. The van der Waals surface area contributed by atoms with Crippen LogP contribution in [0, 0.1) is 5.92 Å². The summed E-state index contributed by atoms with van der Waals surface area (Å²) < 4.78 is 0. The van der Waals surface area contributed by atoms with Crippen molar-refractivity contribution in [2.24, 2.45) is 5.92 Å². The minimum Gasteiger partial charge on any atom is -0.550 e. The standard InChI is InChI=1S/C16H33N.C2H4O2/c1-3-5-6-7-8-9-13-17-14-10-12-16(15-17)11-4-2;1-2(3)4/h16H,3-15H2,1-2H3;1H3,(H,3,4). The molecule has 21 heavy (non-hydrogen) atoms. The highest BCUT2D eigenvalue weighted by molar-refractivity contribution is 5.60. The smallest absolute Gasteiger partial charge is 0.0799 e. The van der Waals surface area contributed by atoms with Crippen molar-refractivity contribution in [1.82, 2.24) is 0 Å². The Bertz CT molecular complexity index is 237. The van der Waals surface area contributed by atoms with Crippen LogP contribution in [0.3, 0.4) is 0 Å². The van der Waals surface area contributed by atoms with Gasteiger partial charge in [-0.1, -0.05) is 46.0 Å². The first-order valence-corrected chi connectivity index (χ1v) is 9.11. The first-order valence-electron chi connectivity index (χ1n) is 9.11. The van der Waals surface area contributed by atoms with Crippen LogP contribution in [0.4, 0.5) is 0 Å². The minimum absolute atomic E-state index is 0.972. The van der Waals surface area contributed by atoms with Crippen LogP contribution in [0.5, 0.6) is 0 Å². The Balaban J connectivity index is 0.000000885. The van der Waals surface area contributed by atoms with Gasteiger partial charge in [0.1, 0.15) is 0 Å². The Hall–Kier alpha value is -0.570. The van der Waals surface area contributed by atoms with Gasteiger partial charge in [-0.15, -0.1) is 0 Å². The molecular formula is C18H37NO2. The molecule has 0 aromatic heterocycles. The van der Waals surface area contributed by atoms with E-state index in [4.69, 9.17) is 9.90 Å². The van der Waals surface area contributed by atoms with Crippen LogP contribution >= 0.6 is 0 Å². The van der Waals surface area contributed by atoms with Gasteiger partial charge in [-0.25, -0.2) is 0 Å². The van der Waals surface area contributed by atoms with Gasteiger partial charge in [0.2, 0.25) is 0 Å². The zero-order chi connectivity index (χ0) is 15.9. The highest BCUT2D eigenvalue weighted by Crippen LogP contribution is 2.13. The van der Waals surface area contributed by atoms with Crippen LogP contribution in [0.1, 0.15) is 85.0 Å². The Labute approximate surface area is 132 Å². The van der Waals surface area contributed by atoms with Crippen molar-refractivity contribution in [3.8, 4) is 0 Å². The Kier molecular flexibility index (Phi) is 14.0. The molecule has 1 fully saturated rings. The number of carbonyl (C=O) groups is 1. The van der Waals surface area contributed by atoms with Crippen molar-refractivity contribution in [1.29, 1.82) is 0 Å². The topological polar surface area (TPSA) is 44.6 Å². The second-order valence-electron chi connectivity index (χ2n) is 6.51. The van der Waals surface area contributed by atoms with E-state index in [1.807, 2.05) is 4.90 Å². The summed E-state index contributed by atoms with van der Waals surface area (Å²) in [6.45, 7) is 9.98. The summed E-state index contributed by atoms with van der Waals surface area (Å²) in [5.41, 5.74) is 0. The number of rotatable bonds is 9. The Morgan fingerprint density at radius 1 is 1.10 bits per heavy atom. The lowest BCUT2D eigenvalue weighted by atomic mass is 9.93. The molecule has 0 spiro atoms. The summed E-state index contributed by atoms with van der Waals surface area (Å²) in [4.78, 5) is 10.8. The quantitative estimate of drug-likeness (QED) is 0.663. The molecule has 0 amide bonds. The van der Waals surface area contributed by atoms with E-state index in [0.29, 0.717) is 0 Å². The van der Waals surface area contributed by atoms with Crippen LogP contribution in [0.15, 0.2) is 0 Å². The number of nitrogens with one attached hydrogen (secondary N) is 1. The molecule has 1 heterocycles. The maximum Gasteiger partial charge on any atom is 0.0799 e. The maximum absolute atomic E-state index is 8.89. The Morgan fingerprint density at radius 2 is 1.71 bits per heavy atom. The fourth-order valence-corrected chi connectivity index (χ4v) is 3.29. The van der Waals surface area contributed by atoms with E-state index in [-0.39, 0.29) is 0 Å². The van der Waals surface area contributed by atoms with E-state index in [1.54, 1.807) is 0 Å². The third-order valence-corrected chi connectivity index (χ3v) is 4.30. The van der Waals surface area contributed by atoms with Crippen LogP contribution in [0.2, 0.25) is 0 Å². The van der Waals surface area contributed by atoms with Gasteiger partial charge in [0.05, 0.1) is 19.6 Å². The number of carboxylic acids is 1. The molecule has 0 saturated carbocycles. The number of piperidine rings is 1. The molecule has 0 aromatic rings. The summed E-state index contributed by atoms with van der Waals surface area (Å²) in [5, 5.41) is 8.89. The molecule has 1 N–H and O–H groups in total. The second kappa shape index (κ2) is 14.4. The average Bonchev–Trinajstić information content (AvgIpc) is 2.43. The van der Waals surface area contributed by atoms with Crippen molar-refractivity contribution in [2.45, 2.75) is 85.0 Å². The number of carboxylic acid groups (broad SMARTS) is 1. The Morgan fingerprint density at radius 3 is 2.33 bits per heavy atom. The summed E-state index contributed by atoms with van der Waals surface area (Å²) in [5.74, 6) is -0.0381. The predicted molar refractivity (Wildman–Crippen MR) is 87.3 cm³/mol. The van der Waals surface area contributed by atoms with E-state index < -0.39 is 5.97 Å². The molecule has 126 valence electrons.